The van der Waals surface area contributed by atoms with Gasteiger partial charge in [-0.3, -0.25) is 4.98 Å². The van der Waals surface area contributed by atoms with Crippen molar-refractivity contribution in [2.45, 2.75) is 26.1 Å². The highest BCUT2D eigenvalue weighted by atomic mass is 16.5. The summed E-state index contributed by atoms with van der Waals surface area (Å²) in [6.45, 7) is 4.19. The van der Waals surface area contributed by atoms with Gasteiger partial charge in [-0.15, -0.1) is 0 Å². The highest BCUT2D eigenvalue weighted by molar-refractivity contribution is 5.20. The third-order valence-corrected chi connectivity index (χ3v) is 2.04. The lowest BCUT2D eigenvalue weighted by Crippen LogP contribution is -2.20. The monoisotopic (exact) mass is 212 g/mol. The van der Waals surface area contributed by atoms with Gasteiger partial charge in [0.25, 0.3) is 0 Å². The van der Waals surface area contributed by atoms with Crippen LogP contribution in [0.1, 0.15) is 25.6 Å². The summed E-state index contributed by atoms with van der Waals surface area (Å²) in [6, 6.07) is 0. The van der Waals surface area contributed by atoms with Crippen LogP contribution in [0.4, 0.5) is 0 Å². The number of aliphatic hydroxyl groups excluding tert-OH is 1. The highest BCUT2D eigenvalue weighted by Gasteiger charge is 2.22. The van der Waals surface area contributed by atoms with Crippen molar-refractivity contribution in [2.75, 3.05) is 13.7 Å². The quantitative estimate of drug-likeness (QED) is 0.787. The molecule has 1 heterocycles. The van der Waals surface area contributed by atoms with Crippen molar-refractivity contribution < 1.29 is 14.6 Å². The SMILES string of the molecule is CCOC(C)C(O)c1nccnc1OC. The van der Waals surface area contributed by atoms with Crippen LogP contribution >= 0.6 is 0 Å². The van der Waals surface area contributed by atoms with E-state index in [9.17, 15) is 5.11 Å². The molecule has 0 aliphatic carbocycles. The van der Waals surface area contributed by atoms with Gasteiger partial charge in [-0.05, 0) is 13.8 Å². The topological polar surface area (TPSA) is 64.5 Å². The van der Waals surface area contributed by atoms with Gasteiger partial charge < -0.3 is 14.6 Å². The zero-order chi connectivity index (χ0) is 11.3. The fourth-order valence-electron chi connectivity index (χ4n) is 1.27. The molecule has 15 heavy (non-hydrogen) atoms. The lowest BCUT2D eigenvalue weighted by Gasteiger charge is -2.19. The Bertz CT molecular complexity index is 306. The van der Waals surface area contributed by atoms with E-state index in [1.54, 1.807) is 6.92 Å². The smallest absolute Gasteiger partial charge is 0.238 e. The average molecular weight is 212 g/mol. The maximum absolute atomic E-state index is 9.92. The van der Waals surface area contributed by atoms with Gasteiger partial charge in [0, 0.05) is 19.0 Å². The van der Waals surface area contributed by atoms with Crippen LogP contribution in [-0.4, -0.2) is 34.9 Å². The Morgan fingerprint density at radius 1 is 1.40 bits per heavy atom. The van der Waals surface area contributed by atoms with Crippen molar-refractivity contribution >= 4 is 0 Å². The van der Waals surface area contributed by atoms with E-state index in [0.29, 0.717) is 18.2 Å². The van der Waals surface area contributed by atoms with Gasteiger partial charge >= 0.3 is 0 Å². The number of ether oxygens (including phenoxy) is 2. The summed E-state index contributed by atoms with van der Waals surface area (Å²) in [5.74, 6) is 0.330. The Balaban J connectivity index is 2.84. The van der Waals surface area contributed by atoms with Crippen molar-refractivity contribution in [2.24, 2.45) is 0 Å². The Labute approximate surface area is 89.1 Å². The number of methoxy groups -OCH3 is 1. The van der Waals surface area contributed by atoms with Crippen LogP contribution in [0.15, 0.2) is 12.4 Å². The third-order valence-electron chi connectivity index (χ3n) is 2.04. The van der Waals surface area contributed by atoms with Crippen LogP contribution in [0, 0.1) is 0 Å². The molecule has 5 heteroatoms. The lowest BCUT2D eigenvalue weighted by atomic mass is 10.1. The molecule has 1 N–H and O–H groups in total. The first-order valence-corrected chi connectivity index (χ1v) is 4.85. The standard InChI is InChI=1S/C10H16N2O3/c1-4-15-7(2)9(13)8-10(14-3)12-6-5-11-8/h5-7,9,13H,4H2,1-3H3. The number of aromatic nitrogens is 2. The molecule has 0 saturated heterocycles. The second-order valence-electron chi connectivity index (χ2n) is 3.06. The van der Waals surface area contributed by atoms with Crippen LogP contribution in [-0.2, 0) is 4.74 Å². The Kier molecular flexibility index (Phi) is 4.45. The minimum Gasteiger partial charge on any atom is -0.480 e. The molecular weight excluding hydrogens is 196 g/mol. The fourth-order valence-corrected chi connectivity index (χ4v) is 1.27. The molecule has 0 aromatic carbocycles. The average Bonchev–Trinajstić information content (AvgIpc) is 2.28. The van der Waals surface area contributed by atoms with Crippen LogP contribution in [0.2, 0.25) is 0 Å². The molecule has 0 aliphatic heterocycles. The Morgan fingerprint density at radius 2 is 2.07 bits per heavy atom. The molecule has 0 fully saturated rings. The Morgan fingerprint density at radius 3 is 2.67 bits per heavy atom. The summed E-state index contributed by atoms with van der Waals surface area (Å²) in [7, 11) is 1.49. The van der Waals surface area contributed by atoms with E-state index in [-0.39, 0.29) is 6.10 Å². The van der Waals surface area contributed by atoms with E-state index >= 15 is 0 Å². The molecule has 1 rings (SSSR count). The van der Waals surface area contributed by atoms with E-state index in [1.165, 1.54) is 19.5 Å². The molecule has 0 bridgehead atoms. The normalized spacial score (nSPS) is 14.7. The number of nitrogens with zero attached hydrogens (tertiary/aromatic N) is 2. The second kappa shape index (κ2) is 5.63. The van der Waals surface area contributed by atoms with Gasteiger partial charge in [0.2, 0.25) is 5.88 Å². The molecule has 0 amide bonds. The minimum atomic E-state index is -0.825. The zero-order valence-electron chi connectivity index (χ0n) is 9.17. The van der Waals surface area contributed by atoms with E-state index in [4.69, 9.17) is 9.47 Å². The van der Waals surface area contributed by atoms with Gasteiger partial charge in [-0.25, -0.2) is 4.98 Å². The van der Waals surface area contributed by atoms with Crippen LogP contribution in [0.25, 0.3) is 0 Å². The number of aliphatic hydroxyl groups is 1. The molecular formula is C10H16N2O3. The van der Waals surface area contributed by atoms with Crippen molar-refractivity contribution in [3.63, 3.8) is 0 Å². The first kappa shape index (κ1) is 11.9. The molecule has 0 aliphatic rings. The predicted octanol–water partition coefficient (Wildman–Crippen LogP) is 0.944. The van der Waals surface area contributed by atoms with Gasteiger partial charge in [0.15, 0.2) is 0 Å². The summed E-state index contributed by atoms with van der Waals surface area (Å²) >= 11 is 0. The van der Waals surface area contributed by atoms with Gasteiger partial charge in [0.1, 0.15) is 11.8 Å². The summed E-state index contributed by atoms with van der Waals surface area (Å²) in [5.41, 5.74) is 0.404. The van der Waals surface area contributed by atoms with Crippen molar-refractivity contribution in [3.8, 4) is 5.88 Å². The summed E-state index contributed by atoms with van der Waals surface area (Å²) < 4.78 is 10.3. The number of hydrogen-bond acceptors (Lipinski definition) is 5. The molecule has 0 spiro atoms. The van der Waals surface area contributed by atoms with Gasteiger partial charge in [0.05, 0.1) is 13.2 Å². The highest BCUT2D eigenvalue weighted by Crippen LogP contribution is 2.23. The third kappa shape index (κ3) is 2.87. The van der Waals surface area contributed by atoms with Crippen LogP contribution in [0.3, 0.4) is 0 Å². The molecule has 84 valence electrons. The van der Waals surface area contributed by atoms with E-state index < -0.39 is 6.10 Å². The number of hydrogen-bond donors (Lipinski definition) is 1. The van der Waals surface area contributed by atoms with E-state index in [1.807, 2.05) is 6.92 Å². The van der Waals surface area contributed by atoms with Gasteiger partial charge in [-0.2, -0.15) is 0 Å². The van der Waals surface area contributed by atoms with Crippen LogP contribution in [0.5, 0.6) is 5.88 Å². The lowest BCUT2D eigenvalue weighted by molar-refractivity contribution is -0.0258. The van der Waals surface area contributed by atoms with Crippen LogP contribution < -0.4 is 4.74 Å². The summed E-state index contributed by atoms with van der Waals surface area (Å²) in [5, 5.41) is 9.92. The molecule has 0 saturated carbocycles. The maximum atomic E-state index is 9.92. The predicted molar refractivity (Wildman–Crippen MR) is 54.6 cm³/mol. The molecule has 1 aromatic heterocycles. The summed E-state index contributed by atoms with van der Waals surface area (Å²) in [4.78, 5) is 8.00. The molecule has 1 aromatic rings. The Hall–Kier alpha value is -1.20. The minimum absolute atomic E-state index is 0.330. The first-order chi connectivity index (χ1) is 7.20. The molecule has 2 unspecified atom stereocenters. The fraction of sp³-hybridized carbons (Fsp3) is 0.600. The number of rotatable bonds is 5. The van der Waals surface area contributed by atoms with Gasteiger partial charge in [-0.1, -0.05) is 0 Å². The summed E-state index contributed by atoms with van der Waals surface area (Å²) in [6.07, 6.45) is 1.87. The largest absolute Gasteiger partial charge is 0.480 e. The molecule has 2 atom stereocenters. The second-order valence-corrected chi connectivity index (χ2v) is 3.06. The van der Waals surface area contributed by atoms with E-state index in [2.05, 4.69) is 9.97 Å². The van der Waals surface area contributed by atoms with Crippen molar-refractivity contribution in [1.29, 1.82) is 0 Å². The van der Waals surface area contributed by atoms with E-state index in [0.717, 1.165) is 0 Å². The van der Waals surface area contributed by atoms with Crippen molar-refractivity contribution in [1.82, 2.24) is 9.97 Å². The molecule has 5 nitrogen and oxygen atoms in total. The molecule has 0 radical (unpaired) electrons. The van der Waals surface area contributed by atoms with Crippen molar-refractivity contribution in [3.05, 3.63) is 18.1 Å². The maximum Gasteiger partial charge on any atom is 0.238 e. The zero-order valence-corrected chi connectivity index (χ0v) is 9.17. The first-order valence-electron chi connectivity index (χ1n) is 4.85.